The van der Waals surface area contributed by atoms with E-state index < -0.39 is 5.97 Å². The van der Waals surface area contributed by atoms with E-state index in [1.54, 1.807) is 79.4 Å². The lowest BCUT2D eigenvalue weighted by Crippen LogP contribution is -2.35. The zero-order valence-electron chi connectivity index (χ0n) is 34.0. The topological polar surface area (TPSA) is 205 Å². The van der Waals surface area contributed by atoms with Crippen LogP contribution in [0.1, 0.15) is 55.5 Å². The molecular weight excluding hydrogens is 788 g/mol. The summed E-state index contributed by atoms with van der Waals surface area (Å²) in [5.41, 5.74) is 10.4. The number of halogens is 1. The fraction of sp³-hybridized carbons (Fsp3) is 0.227. The minimum atomic E-state index is -0.966. The first-order valence-electron chi connectivity index (χ1n) is 19.0. The molecule has 0 radical (unpaired) electrons. The molecule has 6 aromatic rings. The highest BCUT2D eigenvalue weighted by Crippen LogP contribution is 2.19. The summed E-state index contributed by atoms with van der Waals surface area (Å²) in [7, 11) is 3.35. The molecule has 0 aliphatic rings. The fourth-order valence-corrected chi connectivity index (χ4v) is 5.42. The number of carbonyl (C=O) groups excluding carboxylic acids is 3. The number of hydrogen-bond acceptors (Lipinski definition) is 9. The van der Waals surface area contributed by atoms with Crippen molar-refractivity contribution in [2.45, 2.75) is 13.8 Å². The van der Waals surface area contributed by atoms with Crippen molar-refractivity contribution >= 4 is 36.1 Å². The van der Waals surface area contributed by atoms with Gasteiger partial charge in [-0.25, -0.2) is 4.79 Å². The lowest BCUT2D eigenvalue weighted by atomic mass is 10.1. The van der Waals surface area contributed by atoms with Gasteiger partial charge in [0.05, 0.1) is 24.6 Å². The molecule has 4 aromatic carbocycles. The third kappa shape index (κ3) is 14.4. The molecule has 6 rings (SSSR count). The molecular formula is C44H51ClN8O7. The number of nitrogens with two attached hydrogens (primary N) is 1. The van der Waals surface area contributed by atoms with E-state index in [1.807, 2.05) is 74.5 Å². The summed E-state index contributed by atoms with van der Waals surface area (Å²) in [5.74, 6) is -0.0161. The first-order chi connectivity index (χ1) is 28.5. The number of nitrogens with zero attached hydrogens (tertiary/aromatic N) is 4. The number of amides is 3. The standard InChI is InChI=1S/C22H24N4O3.C11H10N2O2.C11H16N2O2.ClH/c1-3-29-18-11-9-17(10-12-18)21(27)23-13-14-24-22(28)20-15-19(25-26(20)2)16-7-5-4-6-8-16;1-13-10(11(14)15)7-9(12-13)8-5-3-2-4-6-8;1-2-15-10-5-3-9(4-6-10)11(14)13-8-7-12;/h4-12,15H,3,13-14H2,1-2H3,(H,23,27)(H,24,28);2-7H,1H3,(H,14,15);3-6H,2,7-8,12H2,1H3,(H,13,14);1H. The highest BCUT2D eigenvalue weighted by Gasteiger charge is 2.15. The molecule has 2 aromatic heterocycles. The minimum Gasteiger partial charge on any atom is -0.494 e. The summed E-state index contributed by atoms with van der Waals surface area (Å²) in [6.07, 6.45) is 0. The Labute approximate surface area is 355 Å². The Balaban J connectivity index is 0.000000262. The third-order valence-corrected chi connectivity index (χ3v) is 8.33. The SMILES string of the molecule is CCOc1ccc(C(=O)NCCN)cc1.CCOc1ccc(C(=O)NCCNC(=O)c2cc(-c3ccccc3)nn2C)cc1.Cl.Cn1nc(-c2ccccc2)cc1C(=O)O. The quantitative estimate of drug-likeness (QED) is 0.0807. The minimum absolute atomic E-state index is 0. The molecule has 0 spiro atoms. The molecule has 0 saturated carbocycles. The number of aryl methyl sites for hydroxylation is 2. The van der Waals surface area contributed by atoms with Crippen LogP contribution in [0.15, 0.2) is 121 Å². The van der Waals surface area contributed by atoms with Crippen LogP contribution in [0.25, 0.3) is 22.5 Å². The number of hydrogen-bond donors (Lipinski definition) is 5. The van der Waals surface area contributed by atoms with Crippen molar-refractivity contribution in [1.29, 1.82) is 0 Å². The molecule has 16 heteroatoms. The molecule has 6 N–H and O–H groups in total. The van der Waals surface area contributed by atoms with E-state index in [-0.39, 0.29) is 35.8 Å². The predicted octanol–water partition coefficient (Wildman–Crippen LogP) is 5.63. The monoisotopic (exact) mass is 838 g/mol. The number of carboxylic acids is 1. The van der Waals surface area contributed by atoms with Crippen LogP contribution < -0.4 is 31.2 Å². The normalized spacial score (nSPS) is 10.0. The van der Waals surface area contributed by atoms with Crippen LogP contribution in [0.4, 0.5) is 0 Å². The molecule has 0 saturated heterocycles. The largest absolute Gasteiger partial charge is 0.494 e. The Hall–Kier alpha value is -6.97. The van der Waals surface area contributed by atoms with Gasteiger partial charge in [-0.3, -0.25) is 23.7 Å². The molecule has 2 heterocycles. The van der Waals surface area contributed by atoms with Gasteiger partial charge in [-0.05, 0) is 74.5 Å². The second-order valence-corrected chi connectivity index (χ2v) is 12.6. The molecule has 3 amide bonds. The van der Waals surface area contributed by atoms with Crippen molar-refractivity contribution in [3.63, 3.8) is 0 Å². The van der Waals surface area contributed by atoms with Crippen LogP contribution in [0.3, 0.4) is 0 Å². The van der Waals surface area contributed by atoms with Crippen LogP contribution in [0.5, 0.6) is 11.5 Å². The van der Waals surface area contributed by atoms with Gasteiger partial charge >= 0.3 is 5.97 Å². The Bertz CT molecular complexity index is 2250. The predicted molar refractivity (Wildman–Crippen MR) is 233 cm³/mol. The van der Waals surface area contributed by atoms with E-state index in [2.05, 4.69) is 26.1 Å². The summed E-state index contributed by atoms with van der Waals surface area (Å²) < 4.78 is 13.5. The second kappa shape index (κ2) is 24.7. The number of benzene rings is 4. The van der Waals surface area contributed by atoms with Gasteiger partial charge in [-0.1, -0.05) is 60.7 Å². The molecule has 0 aliphatic heterocycles. The van der Waals surface area contributed by atoms with Crippen molar-refractivity contribution in [2.75, 3.05) is 39.4 Å². The summed E-state index contributed by atoms with van der Waals surface area (Å²) in [4.78, 5) is 46.9. The van der Waals surface area contributed by atoms with E-state index in [0.717, 1.165) is 28.3 Å². The number of carboxylic acid groups (broad SMARTS) is 1. The maximum absolute atomic E-state index is 12.4. The van der Waals surface area contributed by atoms with Gasteiger partial charge in [0.15, 0.2) is 0 Å². The summed E-state index contributed by atoms with van der Waals surface area (Å²) in [6, 6.07) is 36.4. The molecule has 0 atom stereocenters. The Morgan fingerprint density at radius 3 is 1.35 bits per heavy atom. The lowest BCUT2D eigenvalue weighted by Gasteiger charge is -2.08. The summed E-state index contributed by atoms with van der Waals surface area (Å²) >= 11 is 0. The maximum atomic E-state index is 12.4. The molecule has 0 bridgehead atoms. The van der Waals surface area contributed by atoms with Crippen molar-refractivity contribution in [3.05, 3.63) is 144 Å². The van der Waals surface area contributed by atoms with Gasteiger partial charge in [-0.15, -0.1) is 12.4 Å². The Kier molecular flexibility index (Phi) is 19.5. The Morgan fingerprint density at radius 1 is 0.583 bits per heavy atom. The molecule has 316 valence electrons. The van der Waals surface area contributed by atoms with Crippen LogP contribution in [0, 0.1) is 0 Å². The van der Waals surface area contributed by atoms with E-state index in [9.17, 15) is 19.2 Å². The first kappa shape index (κ1) is 47.4. The van der Waals surface area contributed by atoms with Gasteiger partial charge in [0.2, 0.25) is 0 Å². The van der Waals surface area contributed by atoms with Crippen LogP contribution in [0.2, 0.25) is 0 Å². The van der Waals surface area contributed by atoms with Crippen molar-refractivity contribution in [3.8, 4) is 34.0 Å². The average molecular weight is 839 g/mol. The number of nitrogens with one attached hydrogen (secondary N) is 3. The zero-order chi connectivity index (χ0) is 42.6. The van der Waals surface area contributed by atoms with Crippen LogP contribution >= 0.6 is 12.4 Å². The molecule has 0 fully saturated rings. The van der Waals surface area contributed by atoms with E-state index in [4.69, 9.17) is 20.3 Å². The number of carbonyl (C=O) groups is 4. The van der Waals surface area contributed by atoms with Crippen LogP contribution in [-0.4, -0.2) is 87.8 Å². The van der Waals surface area contributed by atoms with Crippen LogP contribution in [-0.2, 0) is 14.1 Å². The second-order valence-electron chi connectivity index (χ2n) is 12.6. The molecule has 0 unspecified atom stereocenters. The van der Waals surface area contributed by atoms with Gasteiger partial charge < -0.3 is 36.3 Å². The summed E-state index contributed by atoms with van der Waals surface area (Å²) in [6.45, 7) is 6.60. The third-order valence-electron chi connectivity index (χ3n) is 8.33. The average Bonchev–Trinajstić information content (AvgIpc) is 3.86. The molecule has 0 aliphatic carbocycles. The summed E-state index contributed by atoms with van der Waals surface area (Å²) in [5, 5.41) is 25.7. The first-order valence-corrected chi connectivity index (χ1v) is 19.0. The number of aromatic carboxylic acids is 1. The van der Waals surface area contributed by atoms with Gasteiger partial charge in [0.25, 0.3) is 17.7 Å². The van der Waals surface area contributed by atoms with Gasteiger partial charge in [0.1, 0.15) is 22.9 Å². The van der Waals surface area contributed by atoms with Gasteiger partial charge in [0, 0.05) is 62.5 Å². The van der Waals surface area contributed by atoms with E-state index in [0.29, 0.717) is 61.9 Å². The number of aromatic nitrogens is 4. The van der Waals surface area contributed by atoms with Crippen molar-refractivity contribution in [2.24, 2.45) is 19.8 Å². The molecule has 15 nitrogen and oxygen atoms in total. The van der Waals surface area contributed by atoms with E-state index in [1.165, 1.54) is 4.68 Å². The zero-order valence-corrected chi connectivity index (χ0v) is 34.8. The highest BCUT2D eigenvalue weighted by molar-refractivity contribution is 5.95. The van der Waals surface area contributed by atoms with E-state index >= 15 is 0 Å². The maximum Gasteiger partial charge on any atom is 0.354 e. The number of rotatable bonds is 15. The lowest BCUT2D eigenvalue weighted by molar-refractivity contribution is 0.0684. The molecule has 60 heavy (non-hydrogen) atoms. The van der Waals surface area contributed by atoms with Crippen molar-refractivity contribution in [1.82, 2.24) is 35.5 Å². The fourth-order valence-electron chi connectivity index (χ4n) is 5.42. The van der Waals surface area contributed by atoms with Crippen molar-refractivity contribution < 1.29 is 33.8 Å². The van der Waals surface area contributed by atoms with Gasteiger partial charge in [-0.2, -0.15) is 10.2 Å². The smallest absolute Gasteiger partial charge is 0.354 e. The number of ether oxygens (including phenoxy) is 2. The Morgan fingerprint density at radius 2 is 0.967 bits per heavy atom. The highest BCUT2D eigenvalue weighted by atomic mass is 35.5.